The number of halogens is 2. The van der Waals surface area contributed by atoms with Crippen molar-refractivity contribution in [1.82, 2.24) is 10.2 Å². The maximum Gasteiger partial charge on any atom is 0.254 e. The van der Waals surface area contributed by atoms with Crippen LogP contribution in [0, 0.1) is 23.0 Å². The molecule has 7 rings (SSSR count). The number of carbonyl (C=O) groups excluding carboxylic acids is 2. The largest absolute Gasteiger partial charge is 0.493 e. The molecular formula is C34H27F2N3O5. The topological polar surface area (TPSA) is 101 Å². The Morgan fingerprint density at radius 3 is 2.68 bits per heavy atom. The molecule has 1 N–H and O–H groups in total. The molecule has 0 aliphatic carbocycles. The van der Waals surface area contributed by atoms with Gasteiger partial charge in [0.25, 0.3) is 11.8 Å². The monoisotopic (exact) mass is 595 g/mol. The van der Waals surface area contributed by atoms with Crippen LogP contribution in [0.3, 0.4) is 0 Å². The zero-order chi connectivity index (χ0) is 30.8. The van der Waals surface area contributed by atoms with E-state index in [0.29, 0.717) is 42.4 Å². The van der Waals surface area contributed by atoms with Crippen LogP contribution in [0.2, 0.25) is 0 Å². The summed E-state index contributed by atoms with van der Waals surface area (Å²) in [4.78, 5) is 28.3. The molecule has 8 nitrogen and oxygen atoms in total. The van der Waals surface area contributed by atoms with Crippen LogP contribution in [0.5, 0.6) is 23.0 Å². The minimum absolute atomic E-state index is 0.0533. The zero-order valence-corrected chi connectivity index (χ0v) is 23.7. The van der Waals surface area contributed by atoms with E-state index >= 15 is 0 Å². The van der Waals surface area contributed by atoms with Gasteiger partial charge in [0.2, 0.25) is 0 Å². The fourth-order valence-electron chi connectivity index (χ4n) is 5.59. The minimum Gasteiger partial charge on any atom is -0.493 e. The lowest BCUT2D eigenvalue weighted by atomic mass is 9.87. The highest BCUT2D eigenvalue weighted by molar-refractivity contribution is 5.96. The molecule has 0 radical (unpaired) electrons. The molecule has 0 spiro atoms. The van der Waals surface area contributed by atoms with E-state index < -0.39 is 29.5 Å². The number of methoxy groups -OCH3 is 1. The van der Waals surface area contributed by atoms with Gasteiger partial charge in [-0.1, -0.05) is 12.1 Å². The lowest BCUT2D eigenvalue weighted by molar-refractivity contribution is 0.0693. The van der Waals surface area contributed by atoms with Crippen molar-refractivity contribution < 1.29 is 32.6 Å². The number of nitriles is 1. The van der Waals surface area contributed by atoms with Crippen LogP contribution in [0.4, 0.5) is 8.78 Å². The Morgan fingerprint density at radius 2 is 1.86 bits per heavy atom. The van der Waals surface area contributed by atoms with Gasteiger partial charge < -0.3 is 24.4 Å². The first-order valence-electron chi connectivity index (χ1n) is 14.1. The quantitative estimate of drug-likeness (QED) is 0.308. The molecule has 0 saturated carbocycles. The average Bonchev–Trinajstić information content (AvgIpc) is 3.03. The van der Waals surface area contributed by atoms with Crippen molar-refractivity contribution in [2.24, 2.45) is 0 Å². The number of benzene rings is 4. The summed E-state index contributed by atoms with van der Waals surface area (Å²) >= 11 is 0. The van der Waals surface area contributed by atoms with Crippen LogP contribution < -0.4 is 19.5 Å². The number of nitrogens with zero attached hydrogens (tertiary/aromatic N) is 2. The Kier molecular flexibility index (Phi) is 7.85. The Labute approximate surface area is 252 Å². The fourth-order valence-corrected chi connectivity index (χ4v) is 5.59. The summed E-state index contributed by atoms with van der Waals surface area (Å²) in [5.41, 5.74) is 2.46. The molecule has 4 aromatic rings. The second kappa shape index (κ2) is 12.1. The molecule has 8 bridgehead atoms. The summed E-state index contributed by atoms with van der Waals surface area (Å²) in [6, 6.07) is 19.8. The number of hydrogen-bond acceptors (Lipinski definition) is 6. The number of carbonyl (C=O) groups is 2. The standard InChI is InChI=1S/C34H27F2N3O5/c1-42-30-8-3-22-17-31(30)43-12-2-10-38-33(40)28-18-26(5-7-29(28)36)44-25-4-6-27-21(16-25)9-11-39(32(22)27)34(41)23-13-20(19-37)14-24(35)15-23/h3-8,13-18,32H,2,9-12H2,1H3,(H,38,40). The van der Waals surface area contributed by atoms with Gasteiger partial charge >= 0.3 is 0 Å². The lowest BCUT2D eigenvalue weighted by Gasteiger charge is -2.38. The number of amides is 2. The molecule has 0 aromatic heterocycles. The van der Waals surface area contributed by atoms with Crippen molar-refractivity contribution in [1.29, 1.82) is 5.26 Å². The maximum absolute atomic E-state index is 14.5. The zero-order valence-electron chi connectivity index (χ0n) is 23.7. The van der Waals surface area contributed by atoms with Crippen molar-refractivity contribution in [3.8, 4) is 29.1 Å². The molecule has 10 heteroatoms. The van der Waals surface area contributed by atoms with Gasteiger partial charge in [0.05, 0.1) is 37.0 Å². The molecule has 44 heavy (non-hydrogen) atoms. The van der Waals surface area contributed by atoms with E-state index in [1.807, 2.05) is 24.3 Å². The molecular weight excluding hydrogens is 568 g/mol. The van der Waals surface area contributed by atoms with Crippen LogP contribution in [-0.4, -0.2) is 43.5 Å². The lowest BCUT2D eigenvalue weighted by Crippen LogP contribution is -2.40. The predicted molar refractivity (Wildman–Crippen MR) is 156 cm³/mol. The van der Waals surface area contributed by atoms with E-state index in [-0.39, 0.29) is 29.8 Å². The molecule has 3 heterocycles. The number of hydrogen-bond donors (Lipinski definition) is 1. The minimum atomic E-state index is -0.670. The van der Waals surface area contributed by atoms with Crippen molar-refractivity contribution in [2.45, 2.75) is 18.9 Å². The molecule has 1 atom stereocenters. The molecule has 1 unspecified atom stereocenters. The van der Waals surface area contributed by atoms with Crippen molar-refractivity contribution in [3.63, 3.8) is 0 Å². The predicted octanol–water partition coefficient (Wildman–Crippen LogP) is 5.94. The summed E-state index contributed by atoms with van der Waals surface area (Å²) in [5.74, 6) is -0.635. The summed E-state index contributed by atoms with van der Waals surface area (Å²) in [5, 5.41) is 12.1. The Bertz CT molecular complexity index is 1820. The molecule has 3 aliphatic heterocycles. The molecule has 0 saturated heterocycles. The van der Waals surface area contributed by atoms with Crippen LogP contribution in [0.15, 0.2) is 72.8 Å². The van der Waals surface area contributed by atoms with Crippen molar-refractivity contribution in [3.05, 3.63) is 118 Å². The van der Waals surface area contributed by atoms with Gasteiger partial charge in [-0.25, -0.2) is 8.78 Å². The van der Waals surface area contributed by atoms with Gasteiger partial charge in [-0.05, 0) is 90.2 Å². The van der Waals surface area contributed by atoms with Crippen LogP contribution in [-0.2, 0) is 6.42 Å². The van der Waals surface area contributed by atoms with Gasteiger partial charge in [-0.15, -0.1) is 0 Å². The van der Waals surface area contributed by atoms with E-state index in [0.717, 1.165) is 28.8 Å². The summed E-state index contributed by atoms with van der Waals surface area (Å²) in [6.45, 7) is 0.749. The van der Waals surface area contributed by atoms with Gasteiger partial charge in [-0.2, -0.15) is 5.26 Å². The molecule has 3 aliphatic rings. The first-order chi connectivity index (χ1) is 21.3. The number of fused-ring (bicyclic) bond motifs is 6. The smallest absolute Gasteiger partial charge is 0.254 e. The Morgan fingerprint density at radius 1 is 1.05 bits per heavy atom. The second-order valence-corrected chi connectivity index (χ2v) is 10.5. The average molecular weight is 596 g/mol. The first-order valence-corrected chi connectivity index (χ1v) is 14.1. The van der Waals surface area contributed by atoms with Gasteiger partial charge in [0.15, 0.2) is 11.5 Å². The third-order valence-electron chi connectivity index (χ3n) is 7.66. The SMILES string of the molecule is COc1ccc2cc1OCCCNC(=O)c1cc(ccc1F)Oc1ccc3c(c1)CCN(C(=O)c1cc(F)cc(C#N)c1)C23. The molecule has 4 aromatic carbocycles. The summed E-state index contributed by atoms with van der Waals surface area (Å²) < 4.78 is 46.5. The fraction of sp³-hybridized carbons (Fsp3) is 0.206. The highest BCUT2D eigenvalue weighted by Gasteiger charge is 2.34. The first kappa shape index (κ1) is 28.7. The molecule has 2 amide bonds. The Hall–Kier alpha value is -5.43. The van der Waals surface area contributed by atoms with Crippen LogP contribution in [0.25, 0.3) is 0 Å². The third-order valence-corrected chi connectivity index (χ3v) is 7.66. The number of rotatable bonds is 2. The van der Waals surface area contributed by atoms with E-state index in [9.17, 15) is 23.6 Å². The van der Waals surface area contributed by atoms with Gasteiger partial charge in [0, 0.05) is 18.7 Å². The van der Waals surface area contributed by atoms with E-state index in [1.165, 1.54) is 31.4 Å². The highest BCUT2D eigenvalue weighted by Crippen LogP contribution is 2.41. The normalized spacial score (nSPS) is 16.0. The number of ether oxygens (including phenoxy) is 3. The second-order valence-electron chi connectivity index (χ2n) is 10.5. The van der Waals surface area contributed by atoms with Crippen molar-refractivity contribution >= 4 is 11.8 Å². The van der Waals surface area contributed by atoms with E-state index in [2.05, 4.69) is 5.32 Å². The van der Waals surface area contributed by atoms with Crippen molar-refractivity contribution in [2.75, 3.05) is 26.8 Å². The summed E-state index contributed by atoms with van der Waals surface area (Å²) in [7, 11) is 1.52. The van der Waals surface area contributed by atoms with E-state index in [1.54, 1.807) is 23.1 Å². The van der Waals surface area contributed by atoms with Crippen LogP contribution in [0.1, 0.15) is 55.4 Å². The Balaban J connectivity index is 1.47. The highest BCUT2D eigenvalue weighted by atomic mass is 19.1. The maximum atomic E-state index is 14.5. The van der Waals surface area contributed by atoms with Gasteiger partial charge in [-0.3, -0.25) is 9.59 Å². The van der Waals surface area contributed by atoms with E-state index in [4.69, 9.17) is 14.2 Å². The third kappa shape index (κ3) is 5.64. The number of nitrogens with one attached hydrogen (secondary N) is 1. The van der Waals surface area contributed by atoms with Gasteiger partial charge in [0.1, 0.15) is 23.1 Å². The molecule has 0 fully saturated rings. The van der Waals surface area contributed by atoms with Crippen LogP contribution >= 0.6 is 0 Å². The molecule has 222 valence electrons. The summed E-state index contributed by atoms with van der Waals surface area (Å²) in [6.07, 6.45) is 0.891.